The molecule has 2 N–H and O–H groups in total. The smallest absolute Gasteiger partial charge is 0.416 e. The summed E-state index contributed by atoms with van der Waals surface area (Å²) < 4.78 is 44.0. The number of carboxylic acids is 1. The van der Waals surface area contributed by atoms with E-state index in [0.29, 0.717) is 10.4 Å². The summed E-state index contributed by atoms with van der Waals surface area (Å²) in [4.78, 5) is 45.9. The molecule has 0 radical (unpaired) electrons. The molecule has 0 atom stereocenters. The van der Waals surface area contributed by atoms with Crippen molar-refractivity contribution in [1.29, 1.82) is 0 Å². The third-order valence-electron chi connectivity index (χ3n) is 4.87. The van der Waals surface area contributed by atoms with Crippen molar-refractivity contribution in [2.45, 2.75) is 20.0 Å². The standard InChI is InChI=1S/C23H16F3N3O7S/c1-11(27-28-21(31)14-5-8-16(22(32)33)18(9-14)29(34)35)17-10-37-20(19(17)36-12(2)30)13-3-6-15(7-4-13)23(24,25)26/h3-10H,1-2H3,(H,28,31)(H,32,33)/b27-11+. The Labute approximate surface area is 210 Å². The van der Waals surface area contributed by atoms with Gasteiger partial charge in [-0.05, 0) is 36.8 Å². The highest BCUT2D eigenvalue weighted by Crippen LogP contribution is 2.41. The van der Waals surface area contributed by atoms with E-state index < -0.39 is 45.8 Å². The number of nitro groups is 1. The van der Waals surface area contributed by atoms with Crippen LogP contribution in [0.3, 0.4) is 0 Å². The van der Waals surface area contributed by atoms with Crippen LogP contribution < -0.4 is 10.2 Å². The lowest BCUT2D eigenvalue weighted by molar-refractivity contribution is -0.385. The van der Waals surface area contributed by atoms with Crippen molar-refractivity contribution in [3.05, 3.63) is 80.2 Å². The fourth-order valence-corrected chi connectivity index (χ4v) is 4.16. The van der Waals surface area contributed by atoms with Crippen LogP contribution in [-0.2, 0) is 11.0 Å². The summed E-state index contributed by atoms with van der Waals surface area (Å²) in [6.45, 7) is 2.60. The van der Waals surface area contributed by atoms with Crippen molar-refractivity contribution < 1.29 is 42.3 Å². The van der Waals surface area contributed by atoms with Crippen LogP contribution in [0, 0.1) is 10.1 Å². The average Bonchev–Trinajstić information content (AvgIpc) is 3.24. The number of thiophene rings is 1. The Balaban J connectivity index is 1.91. The summed E-state index contributed by atoms with van der Waals surface area (Å²) in [7, 11) is 0. The highest BCUT2D eigenvalue weighted by molar-refractivity contribution is 7.14. The first kappa shape index (κ1) is 27.0. The summed E-state index contributed by atoms with van der Waals surface area (Å²) in [5.74, 6) is -3.09. The zero-order chi connectivity index (χ0) is 27.5. The highest BCUT2D eigenvalue weighted by Gasteiger charge is 2.30. The minimum Gasteiger partial charge on any atom is -0.477 e. The van der Waals surface area contributed by atoms with Crippen LogP contribution in [0.4, 0.5) is 18.9 Å². The largest absolute Gasteiger partial charge is 0.477 e. The number of rotatable bonds is 7. The second-order valence-corrected chi connectivity index (χ2v) is 8.29. The molecule has 0 aliphatic rings. The molecular formula is C23H16F3N3O7S. The monoisotopic (exact) mass is 535 g/mol. The molecule has 2 aromatic carbocycles. The van der Waals surface area contributed by atoms with Crippen LogP contribution >= 0.6 is 11.3 Å². The molecule has 3 rings (SSSR count). The Hall–Kier alpha value is -4.59. The number of halogens is 3. The summed E-state index contributed by atoms with van der Waals surface area (Å²) >= 11 is 1.07. The van der Waals surface area contributed by atoms with E-state index in [0.717, 1.165) is 48.6 Å². The highest BCUT2D eigenvalue weighted by atomic mass is 32.1. The molecule has 1 heterocycles. The third-order valence-corrected chi connectivity index (χ3v) is 5.88. The molecule has 0 spiro atoms. The minimum absolute atomic E-state index is 0.0224. The topological polar surface area (TPSA) is 148 Å². The molecule has 0 saturated heterocycles. The van der Waals surface area contributed by atoms with Crippen molar-refractivity contribution in [3.8, 4) is 16.2 Å². The van der Waals surface area contributed by atoms with E-state index in [-0.39, 0.29) is 22.6 Å². The summed E-state index contributed by atoms with van der Waals surface area (Å²) in [5.41, 5.74) is 0.492. The van der Waals surface area contributed by atoms with E-state index in [2.05, 4.69) is 10.5 Å². The second kappa shape index (κ2) is 10.6. The van der Waals surface area contributed by atoms with Crippen molar-refractivity contribution in [2.75, 3.05) is 0 Å². The summed E-state index contributed by atoms with van der Waals surface area (Å²) in [5, 5.41) is 25.7. The van der Waals surface area contributed by atoms with E-state index in [1.54, 1.807) is 0 Å². The number of aromatic carboxylic acids is 1. The number of alkyl halides is 3. The Morgan fingerprint density at radius 3 is 2.27 bits per heavy atom. The molecule has 0 saturated carbocycles. The van der Waals surface area contributed by atoms with E-state index in [9.17, 15) is 37.7 Å². The minimum atomic E-state index is -4.52. The number of hydrogen-bond acceptors (Lipinski definition) is 8. The van der Waals surface area contributed by atoms with Crippen molar-refractivity contribution >= 4 is 40.6 Å². The molecule has 192 valence electrons. The quantitative estimate of drug-likeness (QED) is 0.185. The number of amides is 1. The number of carbonyl (C=O) groups excluding carboxylic acids is 2. The van der Waals surface area contributed by atoms with E-state index in [1.165, 1.54) is 24.4 Å². The lowest BCUT2D eigenvalue weighted by Gasteiger charge is -2.10. The maximum absolute atomic E-state index is 12.9. The first-order chi connectivity index (χ1) is 17.3. The van der Waals surface area contributed by atoms with E-state index in [1.807, 2.05) is 0 Å². The summed E-state index contributed by atoms with van der Waals surface area (Å²) in [6, 6.07) is 7.03. The molecular weight excluding hydrogens is 519 g/mol. The number of carbonyl (C=O) groups is 3. The Kier molecular flexibility index (Phi) is 7.72. The van der Waals surface area contributed by atoms with Gasteiger partial charge in [0.15, 0.2) is 5.75 Å². The first-order valence-electron chi connectivity index (χ1n) is 10.1. The molecule has 0 aliphatic carbocycles. The van der Waals surface area contributed by atoms with Crippen LogP contribution in [0.15, 0.2) is 52.9 Å². The molecule has 3 aromatic rings. The van der Waals surface area contributed by atoms with Gasteiger partial charge < -0.3 is 9.84 Å². The lowest BCUT2D eigenvalue weighted by atomic mass is 10.1. The molecule has 0 fully saturated rings. The SMILES string of the molecule is CC(=O)Oc1c(/C(C)=N/NC(=O)c2ccc(C(=O)O)c([N+](=O)[O-])c2)csc1-c1ccc(C(F)(F)F)cc1. The first-order valence-corrected chi connectivity index (χ1v) is 11.0. The number of esters is 1. The second-order valence-electron chi connectivity index (χ2n) is 7.41. The number of hydrogen-bond donors (Lipinski definition) is 2. The Morgan fingerprint density at radius 2 is 1.73 bits per heavy atom. The number of carboxylic acid groups (broad SMARTS) is 1. The van der Waals surface area contributed by atoms with Gasteiger partial charge in [0, 0.05) is 23.9 Å². The third kappa shape index (κ3) is 6.16. The fraction of sp³-hybridized carbons (Fsp3) is 0.130. The predicted octanol–water partition coefficient (Wildman–Crippen LogP) is 5.12. The zero-order valence-corrected chi connectivity index (χ0v) is 19.8. The van der Waals surface area contributed by atoms with Gasteiger partial charge in [-0.2, -0.15) is 18.3 Å². The van der Waals surface area contributed by atoms with Gasteiger partial charge in [-0.3, -0.25) is 19.7 Å². The number of hydrazone groups is 1. The number of ether oxygens (including phenoxy) is 1. The lowest BCUT2D eigenvalue weighted by Crippen LogP contribution is -2.20. The van der Waals surface area contributed by atoms with Gasteiger partial charge in [0.2, 0.25) is 0 Å². The Bertz CT molecular complexity index is 1430. The van der Waals surface area contributed by atoms with Crippen molar-refractivity contribution in [3.63, 3.8) is 0 Å². The zero-order valence-electron chi connectivity index (χ0n) is 19.0. The van der Waals surface area contributed by atoms with Crippen LogP contribution in [0.2, 0.25) is 0 Å². The number of nitro benzene ring substituents is 1. The van der Waals surface area contributed by atoms with Gasteiger partial charge in [0.1, 0.15) is 5.56 Å². The van der Waals surface area contributed by atoms with Crippen LogP contribution in [-0.4, -0.2) is 33.6 Å². The summed E-state index contributed by atoms with van der Waals surface area (Å²) in [6.07, 6.45) is -4.52. The molecule has 1 amide bonds. The van der Waals surface area contributed by atoms with Gasteiger partial charge in [0.25, 0.3) is 11.6 Å². The number of benzene rings is 2. The van der Waals surface area contributed by atoms with Gasteiger partial charge in [-0.1, -0.05) is 12.1 Å². The van der Waals surface area contributed by atoms with E-state index >= 15 is 0 Å². The van der Waals surface area contributed by atoms with E-state index in [4.69, 9.17) is 9.84 Å². The van der Waals surface area contributed by atoms with Gasteiger partial charge in [-0.15, -0.1) is 11.3 Å². The van der Waals surface area contributed by atoms with Gasteiger partial charge in [-0.25, -0.2) is 10.2 Å². The normalized spacial score (nSPS) is 11.6. The predicted molar refractivity (Wildman–Crippen MR) is 126 cm³/mol. The van der Waals surface area contributed by atoms with Crippen molar-refractivity contribution in [2.24, 2.45) is 5.10 Å². The van der Waals surface area contributed by atoms with Crippen LogP contribution in [0.1, 0.15) is 45.7 Å². The molecule has 0 unspecified atom stereocenters. The van der Waals surface area contributed by atoms with Crippen LogP contribution in [0.5, 0.6) is 5.75 Å². The van der Waals surface area contributed by atoms with Crippen LogP contribution in [0.25, 0.3) is 10.4 Å². The Morgan fingerprint density at radius 1 is 1.08 bits per heavy atom. The number of nitrogens with one attached hydrogen (secondary N) is 1. The van der Waals surface area contributed by atoms with Gasteiger partial charge in [0.05, 0.1) is 26.6 Å². The maximum Gasteiger partial charge on any atom is 0.416 e. The molecule has 37 heavy (non-hydrogen) atoms. The molecule has 10 nitrogen and oxygen atoms in total. The maximum atomic E-state index is 12.9. The molecule has 14 heteroatoms. The molecule has 0 aliphatic heterocycles. The average molecular weight is 535 g/mol. The van der Waals surface area contributed by atoms with Gasteiger partial charge >= 0.3 is 18.1 Å². The molecule has 0 bridgehead atoms. The molecule has 1 aromatic heterocycles. The fourth-order valence-electron chi connectivity index (χ4n) is 3.12. The van der Waals surface area contributed by atoms with Crippen molar-refractivity contribution in [1.82, 2.24) is 5.43 Å². The number of nitrogens with zero attached hydrogens (tertiary/aromatic N) is 2.